The zero-order chi connectivity index (χ0) is 16.8. The number of aryl methyl sites for hydroxylation is 1. The first-order valence-corrected chi connectivity index (χ1v) is 7.99. The van der Waals surface area contributed by atoms with Gasteiger partial charge in [0.25, 0.3) is 0 Å². The van der Waals surface area contributed by atoms with Crippen LogP contribution in [0.2, 0.25) is 0 Å². The zero-order valence-corrected chi connectivity index (χ0v) is 14.0. The van der Waals surface area contributed by atoms with E-state index in [1.807, 2.05) is 25.1 Å². The molecule has 1 saturated heterocycles. The minimum Gasteiger partial charge on any atom is -0.472 e. The van der Waals surface area contributed by atoms with Crippen LogP contribution in [0.5, 0.6) is 5.88 Å². The van der Waals surface area contributed by atoms with Crippen molar-refractivity contribution in [1.29, 1.82) is 0 Å². The lowest BCUT2D eigenvalue weighted by Gasteiger charge is -2.12. The molecule has 24 heavy (non-hydrogen) atoms. The van der Waals surface area contributed by atoms with E-state index in [0.717, 1.165) is 30.1 Å². The molecule has 1 N–H and O–H groups in total. The van der Waals surface area contributed by atoms with Crippen LogP contribution in [0.3, 0.4) is 0 Å². The second-order valence-electron chi connectivity index (χ2n) is 5.70. The molecule has 0 aromatic carbocycles. The second-order valence-corrected chi connectivity index (χ2v) is 5.70. The fraction of sp³-hybridized carbons (Fsp3) is 0.471. The molecule has 0 aliphatic carbocycles. The fourth-order valence-electron chi connectivity index (χ4n) is 2.51. The topological polar surface area (TPSA) is 78.4 Å². The number of anilines is 1. The Balaban J connectivity index is 1.61. The highest BCUT2D eigenvalue weighted by Crippen LogP contribution is 2.16. The van der Waals surface area contributed by atoms with Gasteiger partial charge >= 0.3 is 0 Å². The number of methoxy groups -OCH3 is 1. The molecule has 0 bridgehead atoms. The summed E-state index contributed by atoms with van der Waals surface area (Å²) in [6.45, 7) is 4.35. The van der Waals surface area contributed by atoms with Crippen LogP contribution < -0.4 is 10.1 Å². The smallest absolute Gasteiger partial charge is 0.213 e. The molecule has 7 nitrogen and oxygen atoms in total. The van der Waals surface area contributed by atoms with Crippen LogP contribution in [0.4, 0.5) is 5.82 Å². The standard InChI is InChI=1S/C17H22N4O3/c1-12-7-15(21-16(20-12)11-22-2)19-9-13-3-5-18-17(8-13)24-14-4-6-23-10-14/h3,5,7-8,14H,4,6,9-11H2,1-2H3,(H,19,20,21). The third-order valence-corrected chi connectivity index (χ3v) is 3.62. The third kappa shape index (κ3) is 4.62. The van der Waals surface area contributed by atoms with Crippen molar-refractivity contribution in [3.63, 3.8) is 0 Å². The van der Waals surface area contributed by atoms with Crippen LogP contribution in [0.25, 0.3) is 0 Å². The van der Waals surface area contributed by atoms with Crippen molar-refractivity contribution in [3.8, 4) is 5.88 Å². The molecule has 0 spiro atoms. The van der Waals surface area contributed by atoms with Crippen molar-refractivity contribution >= 4 is 5.82 Å². The van der Waals surface area contributed by atoms with E-state index in [1.54, 1.807) is 13.3 Å². The summed E-state index contributed by atoms with van der Waals surface area (Å²) in [5.41, 5.74) is 1.98. The van der Waals surface area contributed by atoms with Crippen LogP contribution in [0, 0.1) is 6.92 Å². The second kappa shape index (κ2) is 8.03. The van der Waals surface area contributed by atoms with Crippen molar-refractivity contribution < 1.29 is 14.2 Å². The summed E-state index contributed by atoms with van der Waals surface area (Å²) in [5, 5.41) is 3.31. The maximum atomic E-state index is 5.83. The number of nitrogens with one attached hydrogen (secondary N) is 1. The Morgan fingerprint density at radius 3 is 3.04 bits per heavy atom. The van der Waals surface area contributed by atoms with Crippen LogP contribution >= 0.6 is 0 Å². The molecule has 7 heteroatoms. The number of hydrogen-bond acceptors (Lipinski definition) is 7. The third-order valence-electron chi connectivity index (χ3n) is 3.62. The molecule has 1 unspecified atom stereocenters. The van der Waals surface area contributed by atoms with Gasteiger partial charge in [0.05, 0.1) is 13.2 Å². The highest BCUT2D eigenvalue weighted by molar-refractivity contribution is 5.37. The average molecular weight is 330 g/mol. The van der Waals surface area contributed by atoms with Gasteiger partial charge in [-0.1, -0.05) is 0 Å². The lowest BCUT2D eigenvalue weighted by molar-refractivity contribution is 0.138. The number of ether oxygens (including phenoxy) is 3. The van der Waals surface area contributed by atoms with E-state index in [2.05, 4.69) is 20.3 Å². The highest BCUT2D eigenvalue weighted by atomic mass is 16.5. The van der Waals surface area contributed by atoms with Crippen LogP contribution in [0.15, 0.2) is 24.4 Å². The van der Waals surface area contributed by atoms with Crippen molar-refractivity contribution in [2.24, 2.45) is 0 Å². The van der Waals surface area contributed by atoms with E-state index in [4.69, 9.17) is 14.2 Å². The Bertz CT molecular complexity index is 675. The average Bonchev–Trinajstić information content (AvgIpc) is 3.06. The van der Waals surface area contributed by atoms with Gasteiger partial charge in [0.1, 0.15) is 18.5 Å². The van der Waals surface area contributed by atoms with Gasteiger partial charge in [0, 0.05) is 44.1 Å². The van der Waals surface area contributed by atoms with Gasteiger partial charge in [-0.2, -0.15) is 0 Å². The first kappa shape index (κ1) is 16.6. The molecule has 1 atom stereocenters. The van der Waals surface area contributed by atoms with Gasteiger partial charge in [-0.05, 0) is 18.6 Å². The molecule has 128 valence electrons. The van der Waals surface area contributed by atoms with E-state index in [0.29, 0.717) is 31.5 Å². The van der Waals surface area contributed by atoms with E-state index in [-0.39, 0.29) is 6.10 Å². The van der Waals surface area contributed by atoms with Gasteiger partial charge < -0.3 is 19.5 Å². The number of nitrogens with zero attached hydrogens (tertiary/aromatic N) is 3. The van der Waals surface area contributed by atoms with Crippen molar-refractivity contribution in [2.45, 2.75) is 32.6 Å². The maximum Gasteiger partial charge on any atom is 0.213 e. The molecular weight excluding hydrogens is 308 g/mol. The lowest BCUT2D eigenvalue weighted by Crippen LogP contribution is -2.16. The van der Waals surface area contributed by atoms with E-state index >= 15 is 0 Å². The molecule has 2 aromatic rings. The zero-order valence-electron chi connectivity index (χ0n) is 14.0. The summed E-state index contributed by atoms with van der Waals surface area (Å²) in [6.07, 6.45) is 2.76. The molecule has 3 rings (SSSR count). The molecule has 2 aromatic heterocycles. The van der Waals surface area contributed by atoms with E-state index in [1.165, 1.54) is 0 Å². The molecule has 1 aliphatic heterocycles. The first-order valence-electron chi connectivity index (χ1n) is 7.99. The number of aromatic nitrogens is 3. The Labute approximate surface area is 141 Å². The molecule has 0 radical (unpaired) electrons. The predicted molar refractivity (Wildman–Crippen MR) is 88.9 cm³/mol. The molecular formula is C17H22N4O3. The first-order chi connectivity index (χ1) is 11.7. The molecule has 0 amide bonds. The van der Waals surface area contributed by atoms with Gasteiger partial charge in [-0.3, -0.25) is 0 Å². The van der Waals surface area contributed by atoms with Gasteiger partial charge in [0.15, 0.2) is 5.82 Å². The van der Waals surface area contributed by atoms with Crippen LogP contribution in [-0.4, -0.2) is 41.4 Å². The molecule has 3 heterocycles. The summed E-state index contributed by atoms with van der Waals surface area (Å²) in [7, 11) is 1.63. The van der Waals surface area contributed by atoms with Gasteiger partial charge in [-0.15, -0.1) is 0 Å². The lowest BCUT2D eigenvalue weighted by atomic mass is 10.2. The number of pyridine rings is 1. The molecule has 1 aliphatic rings. The Kier molecular flexibility index (Phi) is 5.55. The normalized spacial score (nSPS) is 17.0. The van der Waals surface area contributed by atoms with Gasteiger partial charge in [-0.25, -0.2) is 15.0 Å². The number of rotatable bonds is 7. The summed E-state index contributed by atoms with van der Waals surface area (Å²) >= 11 is 0. The maximum absolute atomic E-state index is 5.83. The fourth-order valence-corrected chi connectivity index (χ4v) is 2.51. The quantitative estimate of drug-likeness (QED) is 0.833. The van der Waals surface area contributed by atoms with Crippen molar-refractivity contribution in [3.05, 3.63) is 41.5 Å². The summed E-state index contributed by atoms with van der Waals surface area (Å²) in [5.74, 6) is 2.07. The molecule has 0 saturated carbocycles. The predicted octanol–water partition coefficient (Wildman–Crippen LogP) is 2.11. The monoisotopic (exact) mass is 330 g/mol. The minimum atomic E-state index is 0.0989. The van der Waals surface area contributed by atoms with E-state index in [9.17, 15) is 0 Å². The van der Waals surface area contributed by atoms with Gasteiger partial charge in [0.2, 0.25) is 5.88 Å². The summed E-state index contributed by atoms with van der Waals surface area (Å²) < 4.78 is 16.2. The highest BCUT2D eigenvalue weighted by Gasteiger charge is 2.17. The largest absolute Gasteiger partial charge is 0.472 e. The Morgan fingerprint density at radius 1 is 1.33 bits per heavy atom. The SMILES string of the molecule is COCc1nc(C)cc(NCc2ccnc(OC3CCOC3)c2)n1. The summed E-state index contributed by atoms with van der Waals surface area (Å²) in [6, 6.07) is 5.80. The summed E-state index contributed by atoms with van der Waals surface area (Å²) in [4.78, 5) is 13.0. The van der Waals surface area contributed by atoms with Crippen LogP contribution in [-0.2, 0) is 22.6 Å². The van der Waals surface area contributed by atoms with Crippen LogP contribution in [0.1, 0.15) is 23.5 Å². The van der Waals surface area contributed by atoms with Crippen molar-refractivity contribution in [2.75, 3.05) is 25.6 Å². The Morgan fingerprint density at radius 2 is 2.25 bits per heavy atom. The molecule has 1 fully saturated rings. The number of hydrogen-bond donors (Lipinski definition) is 1. The minimum absolute atomic E-state index is 0.0989. The van der Waals surface area contributed by atoms with Crippen molar-refractivity contribution in [1.82, 2.24) is 15.0 Å². The Hall–Kier alpha value is -2.25. The van der Waals surface area contributed by atoms with E-state index < -0.39 is 0 Å².